The molecule has 1 aliphatic rings. The summed E-state index contributed by atoms with van der Waals surface area (Å²) in [7, 11) is 0. The molecular weight excluding hydrogens is 260 g/mol. The van der Waals surface area contributed by atoms with Crippen LogP contribution in [0.25, 0.3) is 10.8 Å². The third-order valence-corrected chi connectivity index (χ3v) is 4.55. The van der Waals surface area contributed by atoms with Crippen molar-refractivity contribution < 1.29 is 4.79 Å². The average Bonchev–Trinajstić information content (AvgIpc) is 2.55. The zero-order valence-corrected chi connectivity index (χ0v) is 12.2. The zero-order chi connectivity index (χ0) is 14.7. The number of carbonyl (C=O) groups is 1. The Hall–Kier alpha value is -1.87. The maximum absolute atomic E-state index is 12.5. The molecule has 1 fully saturated rings. The van der Waals surface area contributed by atoms with E-state index in [1.807, 2.05) is 42.5 Å². The second-order valence-electron chi connectivity index (χ2n) is 5.95. The van der Waals surface area contributed by atoms with Crippen molar-refractivity contribution >= 4 is 16.7 Å². The predicted molar refractivity (Wildman–Crippen MR) is 86.2 cm³/mol. The molecule has 0 radical (unpaired) electrons. The summed E-state index contributed by atoms with van der Waals surface area (Å²) in [6, 6.07) is 14.2. The molecule has 1 aliphatic carbocycles. The van der Waals surface area contributed by atoms with Crippen LogP contribution in [-0.2, 0) is 0 Å². The maximum atomic E-state index is 12.5. The topological polar surface area (TPSA) is 55.1 Å². The third-order valence-electron chi connectivity index (χ3n) is 4.55. The highest BCUT2D eigenvalue weighted by Gasteiger charge is 2.22. The molecular formula is C18H22N2O. The molecule has 1 amide bonds. The van der Waals surface area contributed by atoms with E-state index >= 15 is 0 Å². The van der Waals surface area contributed by atoms with Crippen LogP contribution < -0.4 is 11.1 Å². The monoisotopic (exact) mass is 282 g/mol. The van der Waals surface area contributed by atoms with Gasteiger partial charge in [0.25, 0.3) is 5.91 Å². The number of nitrogens with two attached hydrogens (primary N) is 1. The summed E-state index contributed by atoms with van der Waals surface area (Å²) >= 11 is 0. The van der Waals surface area contributed by atoms with Gasteiger partial charge in [-0.05, 0) is 55.0 Å². The lowest BCUT2D eigenvalue weighted by Gasteiger charge is -2.28. The SMILES string of the molecule is NCC1CCC(NC(=O)c2cccc3ccccc23)CC1. The molecule has 0 unspecified atom stereocenters. The van der Waals surface area contributed by atoms with Gasteiger partial charge in [-0.1, -0.05) is 36.4 Å². The van der Waals surface area contributed by atoms with Crippen LogP contribution in [0.15, 0.2) is 42.5 Å². The Labute approximate surface area is 125 Å². The first kappa shape index (κ1) is 14.1. The van der Waals surface area contributed by atoms with Gasteiger partial charge in [0.15, 0.2) is 0 Å². The second-order valence-corrected chi connectivity index (χ2v) is 5.95. The lowest BCUT2D eigenvalue weighted by Crippen LogP contribution is -2.38. The maximum Gasteiger partial charge on any atom is 0.252 e. The molecule has 2 aromatic rings. The van der Waals surface area contributed by atoms with Gasteiger partial charge in [-0.15, -0.1) is 0 Å². The molecule has 2 aromatic carbocycles. The Morgan fingerprint density at radius 3 is 2.52 bits per heavy atom. The van der Waals surface area contributed by atoms with Gasteiger partial charge >= 0.3 is 0 Å². The van der Waals surface area contributed by atoms with Gasteiger partial charge < -0.3 is 11.1 Å². The van der Waals surface area contributed by atoms with E-state index in [0.717, 1.165) is 48.6 Å². The largest absolute Gasteiger partial charge is 0.349 e. The smallest absolute Gasteiger partial charge is 0.252 e. The van der Waals surface area contributed by atoms with E-state index in [9.17, 15) is 4.79 Å². The van der Waals surface area contributed by atoms with E-state index in [1.54, 1.807) is 0 Å². The van der Waals surface area contributed by atoms with Gasteiger partial charge in [0, 0.05) is 11.6 Å². The van der Waals surface area contributed by atoms with Gasteiger partial charge in [-0.25, -0.2) is 0 Å². The average molecular weight is 282 g/mol. The molecule has 1 saturated carbocycles. The van der Waals surface area contributed by atoms with Crippen molar-refractivity contribution in [3.8, 4) is 0 Å². The molecule has 3 N–H and O–H groups in total. The molecule has 3 heteroatoms. The minimum absolute atomic E-state index is 0.0444. The highest BCUT2D eigenvalue weighted by Crippen LogP contribution is 2.24. The molecule has 0 bridgehead atoms. The molecule has 0 atom stereocenters. The van der Waals surface area contributed by atoms with Gasteiger partial charge in [-0.2, -0.15) is 0 Å². The van der Waals surface area contributed by atoms with Crippen molar-refractivity contribution in [1.29, 1.82) is 0 Å². The molecule has 0 aromatic heterocycles. The first-order valence-electron chi connectivity index (χ1n) is 7.76. The number of benzene rings is 2. The molecule has 0 heterocycles. The van der Waals surface area contributed by atoms with Gasteiger partial charge in [-0.3, -0.25) is 4.79 Å². The summed E-state index contributed by atoms with van der Waals surface area (Å²) in [6.45, 7) is 0.768. The zero-order valence-electron chi connectivity index (χ0n) is 12.2. The highest BCUT2D eigenvalue weighted by molar-refractivity contribution is 6.07. The van der Waals surface area contributed by atoms with E-state index in [4.69, 9.17) is 5.73 Å². The molecule has 3 nitrogen and oxygen atoms in total. The second kappa shape index (κ2) is 6.27. The number of hydrogen-bond acceptors (Lipinski definition) is 2. The normalized spacial score (nSPS) is 22.1. The van der Waals surface area contributed by atoms with Gasteiger partial charge in [0.05, 0.1) is 0 Å². The van der Waals surface area contributed by atoms with E-state index in [2.05, 4.69) is 5.32 Å². The summed E-state index contributed by atoms with van der Waals surface area (Å²) in [6.07, 6.45) is 4.32. The quantitative estimate of drug-likeness (QED) is 0.909. The number of hydrogen-bond donors (Lipinski definition) is 2. The number of fused-ring (bicyclic) bond motifs is 1. The fourth-order valence-corrected chi connectivity index (χ4v) is 3.23. The van der Waals surface area contributed by atoms with Gasteiger partial charge in [0.2, 0.25) is 0 Å². The number of rotatable bonds is 3. The van der Waals surface area contributed by atoms with Crippen LogP contribution in [-0.4, -0.2) is 18.5 Å². The van der Waals surface area contributed by atoms with E-state index < -0.39 is 0 Å². The van der Waals surface area contributed by atoms with Crippen molar-refractivity contribution in [1.82, 2.24) is 5.32 Å². The van der Waals surface area contributed by atoms with E-state index in [1.165, 1.54) is 0 Å². The Morgan fingerprint density at radius 1 is 1.05 bits per heavy atom. The summed E-state index contributed by atoms with van der Waals surface area (Å²) in [4.78, 5) is 12.5. The number of amides is 1. The van der Waals surface area contributed by atoms with Crippen LogP contribution in [0.3, 0.4) is 0 Å². The molecule has 0 spiro atoms. The van der Waals surface area contributed by atoms with Crippen molar-refractivity contribution in [3.05, 3.63) is 48.0 Å². The van der Waals surface area contributed by atoms with Crippen LogP contribution >= 0.6 is 0 Å². The molecule has 0 aliphatic heterocycles. The van der Waals surface area contributed by atoms with Crippen LogP contribution in [0, 0.1) is 5.92 Å². The van der Waals surface area contributed by atoms with Crippen molar-refractivity contribution in [2.24, 2.45) is 11.7 Å². The number of carbonyl (C=O) groups excluding carboxylic acids is 1. The minimum Gasteiger partial charge on any atom is -0.349 e. The molecule has 21 heavy (non-hydrogen) atoms. The Bertz CT molecular complexity index is 625. The Kier molecular flexibility index (Phi) is 4.20. The Balaban J connectivity index is 1.73. The predicted octanol–water partition coefficient (Wildman–Crippen LogP) is 3.09. The fraction of sp³-hybridized carbons (Fsp3) is 0.389. The first-order chi connectivity index (χ1) is 10.3. The number of nitrogens with one attached hydrogen (secondary N) is 1. The lowest BCUT2D eigenvalue weighted by atomic mass is 9.86. The minimum atomic E-state index is 0.0444. The molecule has 3 rings (SSSR count). The highest BCUT2D eigenvalue weighted by atomic mass is 16.1. The first-order valence-corrected chi connectivity index (χ1v) is 7.76. The lowest BCUT2D eigenvalue weighted by molar-refractivity contribution is 0.0924. The van der Waals surface area contributed by atoms with Crippen molar-refractivity contribution in [2.45, 2.75) is 31.7 Å². The standard InChI is InChI=1S/C18H22N2O/c19-12-13-8-10-15(11-9-13)20-18(21)17-7-3-5-14-4-1-2-6-16(14)17/h1-7,13,15H,8-12,19H2,(H,20,21). The summed E-state index contributed by atoms with van der Waals surface area (Å²) < 4.78 is 0. The summed E-state index contributed by atoms with van der Waals surface area (Å²) in [5, 5.41) is 5.32. The third kappa shape index (κ3) is 3.08. The van der Waals surface area contributed by atoms with Crippen molar-refractivity contribution in [2.75, 3.05) is 6.54 Å². The molecule has 0 saturated heterocycles. The molecule has 110 valence electrons. The van der Waals surface area contributed by atoms with E-state index in [-0.39, 0.29) is 5.91 Å². The van der Waals surface area contributed by atoms with Crippen LogP contribution in [0.5, 0.6) is 0 Å². The van der Waals surface area contributed by atoms with Crippen LogP contribution in [0.1, 0.15) is 36.0 Å². The van der Waals surface area contributed by atoms with Gasteiger partial charge in [0.1, 0.15) is 0 Å². The fourth-order valence-electron chi connectivity index (χ4n) is 3.23. The van der Waals surface area contributed by atoms with Crippen molar-refractivity contribution in [3.63, 3.8) is 0 Å². The Morgan fingerprint density at radius 2 is 1.76 bits per heavy atom. The summed E-state index contributed by atoms with van der Waals surface area (Å²) in [5.74, 6) is 0.679. The van der Waals surface area contributed by atoms with E-state index in [0.29, 0.717) is 12.0 Å². The van der Waals surface area contributed by atoms with Crippen LogP contribution in [0.4, 0.5) is 0 Å². The summed E-state index contributed by atoms with van der Waals surface area (Å²) in [5.41, 5.74) is 6.49. The van der Waals surface area contributed by atoms with Crippen LogP contribution in [0.2, 0.25) is 0 Å².